The summed E-state index contributed by atoms with van der Waals surface area (Å²) in [7, 11) is 0. The Morgan fingerprint density at radius 2 is 1.79 bits per heavy atom. The maximum Gasteiger partial charge on any atom is 0.313 e. The third-order valence-corrected chi connectivity index (χ3v) is 5.92. The number of carbonyl (C=O) groups is 3. The Morgan fingerprint density at radius 3 is 2.45 bits per heavy atom. The highest BCUT2D eigenvalue weighted by molar-refractivity contribution is 6.35. The van der Waals surface area contributed by atoms with Crippen LogP contribution >= 0.6 is 0 Å². The van der Waals surface area contributed by atoms with Crippen molar-refractivity contribution in [3.8, 4) is 0 Å². The van der Waals surface area contributed by atoms with Gasteiger partial charge in [0.25, 0.3) is 0 Å². The molecule has 1 saturated heterocycles. The number of nitrogens with two attached hydrogens (primary N) is 1. The summed E-state index contributed by atoms with van der Waals surface area (Å²) in [4.78, 5) is 41.8. The van der Waals surface area contributed by atoms with Crippen LogP contribution in [-0.4, -0.2) is 59.2 Å². The first kappa shape index (κ1) is 21.3. The number of amides is 3. The molecule has 3 N–H and O–H groups in total. The summed E-state index contributed by atoms with van der Waals surface area (Å²) in [5, 5.41) is 3.10. The minimum atomic E-state index is -0.795. The Bertz CT molecular complexity index is 716. The molecule has 1 aliphatic carbocycles. The summed E-state index contributed by atoms with van der Waals surface area (Å²) >= 11 is 0. The van der Waals surface area contributed by atoms with Gasteiger partial charge in [0.1, 0.15) is 6.04 Å². The molecule has 3 amide bonds. The minimum absolute atomic E-state index is 0.0603. The smallest absolute Gasteiger partial charge is 0.313 e. The Labute approximate surface area is 172 Å². The SMILES string of the molecule is CCCCN1CCN(C(C(=O)NC2CCC(N)CC2)c2ccccc2)C(=O)C1=O. The van der Waals surface area contributed by atoms with Gasteiger partial charge in [-0.2, -0.15) is 0 Å². The van der Waals surface area contributed by atoms with E-state index in [1.807, 2.05) is 30.3 Å². The molecule has 1 unspecified atom stereocenters. The van der Waals surface area contributed by atoms with Crippen LogP contribution in [0.4, 0.5) is 0 Å². The Morgan fingerprint density at radius 1 is 1.10 bits per heavy atom. The number of rotatable bonds is 7. The first-order chi connectivity index (χ1) is 14.0. The van der Waals surface area contributed by atoms with Crippen molar-refractivity contribution in [2.45, 2.75) is 63.6 Å². The fraction of sp³-hybridized carbons (Fsp3) is 0.591. The number of benzene rings is 1. The van der Waals surface area contributed by atoms with Gasteiger partial charge in [-0.05, 0) is 37.7 Å². The van der Waals surface area contributed by atoms with E-state index in [9.17, 15) is 14.4 Å². The average molecular weight is 401 g/mol. The molecule has 0 aromatic heterocycles. The molecule has 29 heavy (non-hydrogen) atoms. The van der Waals surface area contributed by atoms with E-state index in [1.165, 1.54) is 4.90 Å². The second kappa shape index (κ2) is 9.87. The lowest BCUT2D eigenvalue weighted by Crippen LogP contribution is -2.58. The molecule has 0 radical (unpaired) electrons. The molecule has 1 heterocycles. The van der Waals surface area contributed by atoms with Crippen molar-refractivity contribution in [2.24, 2.45) is 5.73 Å². The number of hydrogen-bond acceptors (Lipinski definition) is 4. The molecule has 158 valence electrons. The average Bonchev–Trinajstić information content (AvgIpc) is 2.73. The van der Waals surface area contributed by atoms with Crippen LogP contribution in [0.1, 0.15) is 57.1 Å². The van der Waals surface area contributed by atoms with Crippen LogP contribution < -0.4 is 11.1 Å². The number of hydrogen-bond donors (Lipinski definition) is 2. The molecule has 1 aliphatic heterocycles. The van der Waals surface area contributed by atoms with Crippen molar-refractivity contribution < 1.29 is 14.4 Å². The first-order valence-electron chi connectivity index (χ1n) is 10.7. The zero-order chi connectivity index (χ0) is 20.8. The molecule has 1 aromatic rings. The van der Waals surface area contributed by atoms with E-state index < -0.39 is 17.9 Å². The van der Waals surface area contributed by atoms with Crippen LogP contribution in [0.3, 0.4) is 0 Å². The van der Waals surface area contributed by atoms with Gasteiger partial charge in [0.05, 0.1) is 0 Å². The van der Waals surface area contributed by atoms with Crippen molar-refractivity contribution in [3.63, 3.8) is 0 Å². The summed E-state index contributed by atoms with van der Waals surface area (Å²) < 4.78 is 0. The van der Waals surface area contributed by atoms with E-state index in [4.69, 9.17) is 5.73 Å². The lowest BCUT2D eigenvalue weighted by atomic mass is 9.91. The summed E-state index contributed by atoms with van der Waals surface area (Å²) in [5.74, 6) is -1.33. The van der Waals surface area contributed by atoms with E-state index in [2.05, 4.69) is 12.2 Å². The van der Waals surface area contributed by atoms with Gasteiger partial charge in [0, 0.05) is 31.7 Å². The van der Waals surface area contributed by atoms with E-state index in [0.29, 0.717) is 19.6 Å². The molecule has 2 fully saturated rings. The molecule has 7 heteroatoms. The van der Waals surface area contributed by atoms with Crippen molar-refractivity contribution in [1.29, 1.82) is 0 Å². The molecule has 0 bridgehead atoms. The summed E-state index contributed by atoms with van der Waals surface area (Å²) in [6, 6.07) is 8.70. The second-order valence-electron chi connectivity index (χ2n) is 8.08. The summed E-state index contributed by atoms with van der Waals surface area (Å²) in [5.41, 5.74) is 6.69. The molecule has 7 nitrogen and oxygen atoms in total. The fourth-order valence-electron chi connectivity index (χ4n) is 4.15. The van der Waals surface area contributed by atoms with Crippen LogP contribution in [-0.2, 0) is 14.4 Å². The molecule has 2 aliphatic rings. The zero-order valence-corrected chi connectivity index (χ0v) is 17.2. The van der Waals surface area contributed by atoms with E-state index in [1.54, 1.807) is 4.90 Å². The van der Waals surface area contributed by atoms with Gasteiger partial charge in [0.15, 0.2) is 0 Å². The van der Waals surface area contributed by atoms with Crippen molar-refractivity contribution >= 4 is 17.7 Å². The van der Waals surface area contributed by atoms with Gasteiger partial charge in [-0.3, -0.25) is 14.4 Å². The molecule has 1 atom stereocenters. The maximum atomic E-state index is 13.2. The number of nitrogens with one attached hydrogen (secondary N) is 1. The van der Waals surface area contributed by atoms with Crippen LogP contribution in [0.25, 0.3) is 0 Å². The molecule has 3 rings (SSSR count). The van der Waals surface area contributed by atoms with Gasteiger partial charge in [-0.15, -0.1) is 0 Å². The van der Waals surface area contributed by atoms with Gasteiger partial charge in [-0.25, -0.2) is 0 Å². The second-order valence-corrected chi connectivity index (χ2v) is 8.08. The third-order valence-electron chi connectivity index (χ3n) is 5.92. The quantitative estimate of drug-likeness (QED) is 0.680. The van der Waals surface area contributed by atoms with Crippen molar-refractivity contribution in [1.82, 2.24) is 15.1 Å². The van der Waals surface area contributed by atoms with Gasteiger partial charge in [-0.1, -0.05) is 43.7 Å². The fourth-order valence-corrected chi connectivity index (χ4v) is 4.15. The monoisotopic (exact) mass is 400 g/mol. The van der Waals surface area contributed by atoms with E-state index >= 15 is 0 Å². The Balaban J connectivity index is 1.76. The Kier molecular flexibility index (Phi) is 7.25. The van der Waals surface area contributed by atoms with Crippen molar-refractivity contribution in [3.05, 3.63) is 35.9 Å². The van der Waals surface area contributed by atoms with E-state index in [0.717, 1.165) is 44.1 Å². The highest BCUT2D eigenvalue weighted by Gasteiger charge is 2.40. The van der Waals surface area contributed by atoms with Crippen molar-refractivity contribution in [2.75, 3.05) is 19.6 Å². The zero-order valence-electron chi connectivity index (χ0n) is 17.2. The predicted octanol–water partition coefficient (Wildman–Crippen LogP) is 1.58. The lowest BCUT2D eigenvalue weighted by Gasteiger charge is -2.38. The van der Waals surface area contributed by atoms with Crippen LogP contribution in [0.2, 0.25) is 0 Å². The number of nitrogens with zero attached hydrogens (tertiary/aromatic N) is 2. The molecule has 1 saturated carbocycles. The van der Waals surface area contributed by atoms with Crippen LogP contribution in [0.5, 0.6) is 0 Å². The van der Waals surface area contributed by atoms with Gasteiger partial charge in [0.2, 0.25) is 5.91 Å². The molecular weight excluding hydrogens is 368 g/mol. The largest absolute Gasteiger partial charge is 0.351 e. The highest BCUT2D eigenvalue weighted by atomic mass is 16.2. The maximum absolute atomic E-state index is 13.2. The third kappa shape index (κ3) is 5.15. The predicted molar refractivity (Wildman–Crippen MR) is 111 cm³/mol. The normalized spacial score (nSPS) is 23.8. The molecule has 0 spiro atoms. The molecule has 1 aromatic carbocycles. The number of unbranched alkanes of at least 4 members (excludes halogenated alkanes) is 1. The van der Waals surface area contributed by atoms with E-state index in [-0.39, 0.29) is 18.0 Å². The summed E-state index contributed by atoms with van der Waals surface area (Å²) in [6.45, 7) is 3.45. The number of piperazine rings is 1. The first-order valence-corrected chi connectivity index (χ1v) is 10.7. The molecular formula is C22H32N4O3. The Hall–Kier alpha value is -2.41. The topological polar surface area (TPSA) is 95.7 Å². The van der Waals surface area contributed by atoms with Gasteiger partial charge < -0.3 is 20.9 Å². The standard InChI is InChI=1S/C22H32N4O3/c1-2-3-13-25-14-15-26(22(29)21(25)28)19(16-7-5-4-6-8-16)20(27)24-18-11-9-17(23)10-12-18/h4-8,17-19H,2-3,9-15,23H2,1H3,(H,24,27). The lowest BCUT2D eigenvalue weighted by molar-refractivity contribution is -0.159. The van der Waals surface area contributed by atoms with Gasteiger partial charge >= 0.3 is 11.8 Å². The minimum Gasteiger partial charge on any atom is -0.351 e. The summed E-state index contributed by atoms with van der Waals surface area (Å²) in [6.07, 6.45) is 5.27. The van der Waals surface area contributed by atoms with Crippen LogP contribution in [0, 0.1) is 0 Å². The highest BCUT2D eigenvalue weighted by Crippen LogP contribution is 2.25. The van der Waals surface area contributed by atoms with Crippen LogP contribution in [0.15, 0.2) is 30.3 Å². The number of carbonyl (C=O) groups excluding carboxylic acids is 3.